The fraction of sp³-hybridized carbons (Fsp3) is 0.171. The number of nitrogens with one attached hydrogen (secondary N) is 2. The Kier molecular flexibility index (Phi) is 7.30. The summed E-state index contributed by atoms with van der Waals surface area (Å²) < 4.78 is 0. The van der Waals surface area contributed by atoms with Gasteiger partial charge < -0.3 is 20.8 Å². The third-order valence-electron chi connectivity index (χ3n) is 7.90. The van der Waals surface area contributed by atoms with Crippen molar-refractivity contribution in [3.05, 3.63) is 100 Å². The second-order valence-corrected chi connectivity index (χ2v) is 11.2. The van der Waals surface area contributed by atoms with Gasteiger partial charge in [-0.25, -0.2) is 0 Å². The van der Waals surface area contributed by atoms with Crippen molar-refractivity contribution >= 4 is 56.2 Å². The van der Waals surface area contributed by atoms with Crippen molar-refractivity contribution in [2.24, 2.45) is 10.2 Å². The number of azo groups is 1. The molecule has 0 spiro atoms. The van der Waals surface area contributed by atoms with E-state index < -0.39 is 6.01 Å². The third-order valence-corrected chi connectivity index (χ3v) is 7.90. The number of aromatic nitrogens is 3. The second-order valence-electron chi connectivity index (χ2n) is 11.2. The number of phenolic OH excluding ortho intramolecular Hbond substituents is 1. The van der Waals surface area contributed by atoms with E-state index in [0.717, 1.165) is 55.4 Å². The van der Waals surface area contributed by atoms with E-state index in [2.05, 4.69) is 60.9 Å². The first-order valence-corrected chi connectivity index (χ1v) is 14.3. The molecule has 0 fully saturated rings. The van der Waals surface area contributed by atoms with E-state index in [1.165, 1.54) is 5.56 Å². The highest BCUT2D eigenvalue weighted by Crippen LogP contribution is 2.43. The monoisotopic (exact) mass is 583 g/mol. The minimum absolute atomic E-state index is 0.0212. The van der Waals surface area contributed by atoms with E-state index in [-0.39, 0.29) is 17.6 Å². The maximum atomic E-state index is 11.6. The Morgan fingerprint density at radius 2 is 1.32 bits per heavy atom. The number of benzene rings is 5. The van der Waals surface area contributed by atoms with Gasteiger partial charge in [-0.2, -0.15) is 20.1 Å². The molecular weight excluding hydrogens is 550 g/mol. The molecule has 4 N–H and O–H groups in total. The summed E-state index contributed by atoms with van der Waals surface area (Å²) in [7, 11) is 0. The highest BCUT2D eigenvalue weighted by molar-refractivity contribution is 6.03. The molecule has 0 saturated carbocycles. The summed E-state index contributed by atoms with van der Waals surface area (Å²) in [4.78, 5) is 12.7. The van der Waals surface area contributed by atoms with Crippen LogP contribution in [0.15, 0.2) is 77.0 Å². The largest absolute Gasteiger partial charge is 0.505 e. The molecule has 0 saturated heterocycles. The lowest BCUT2D eigenvalue weighted by atomic mass is 10.0. The predicted octanol–water partition coefficient (Wildman–Crippen LogP) is 9.34. The molecule has 0 radical (unpaired) electrons. The topological polar surface area (TPSA) is 128 Å². The van der Waals surface area contributed by atoms with E-state index in [4.69, 9.17) is 0 Å². The SMILES string of the molecule is Cc1cc(Nc2nc(O)nc(Nc3cc(C)c(C)cc3C)n2)c2c(O)c(N=Nc3ccc4ccccc4c3C)c(C)cc2c1. The van der Waals surface area contributed by atoms with Gasteiger partial charge in [0.15, 0.2) is 5.75 Å². The van der Waals surface area contributed by atoms with Crippen molar-refractivity contribution in [1.29, 1.82) is 0 Å². The maximum Gasteiger partial charge on any atom is 0.320 e. The zero-order chi connectivity index (χ0) is 31.1. The molecule has 0 unspecified atom stereocenters. The lowest BCUT2D eigenvalue weighted by Gasteiger charge is -2.15. The quantitative estimate of drug-likeness (QED) is 0.144. The molecule has 9 heteroatoms. The Hall–Kier alpha value is -5.57. The Bertz CT molecular complexity index is 2120. The van der Waals surface area contributed by atoms with Crippen molar-refractivity contribution in [2.75, 3.05) is 10.6 Å². The van der Waals surface area contributed by atoms with Crippen molar-refractivity contribution in [2.45, 2.75) is 41.5 Å². The number of rotatable bonds is 6. The summed E-state index contributed by atoms with van der Waals surface area (Å²) in [5, 5.41) is 41.0. The van der Waals surface area contributed by atoms with Crippen molar-refractivity contribution in [1.82, 2.24) is 15.0 Å². The predicted molar refractivity (Wildman–Crippen MR) is 177 cm³/mol. The Morgan fingerprint density at radius 3 is 2.09 bits per heavy atom. The van der Waals surface area contributed by atoms with Gasteiger partial charge in [0.1, 0.15) is 5.69 Å². The third kappa shape index (κ3) is 5.47. The van der Waals surface area contributed by atoms with Crippen LogP contribution >= 0.6 is 0 Å². The molecule has 0 amide bonds. The first-order valence-electron chi connectivity index (χ1n) is 14.3. The molecule has 0 atom stereocenters. The van der Waals surface area contributed by atoms with Crippen LogP contribution < -0.4 is 10.6 Å². The van der Waals surface area contributed by atoms with Gasteiger partial charge in [-0.05, 0) is 115 Å². The standard InChI is InChI=1S/C35H33N7O2/c1-18-13-25-16-22(5)31(42-41-27-12-11-24-9-7-8-10-26(24)23(27)6)32(43)30(25)29(14-18)37-34-38-33(39-35(44)40-34)36-28-17-20(3)19(2)15-21(28)4/h7-17,43H,1-6H3,(H3,36,37,38,39,40,44). The van der Waals surface area contributed by atoms with Crippen LogP contribution in [0.3, 0.4) is 0 Å². The fourth-order valence-electron chi connectivity index (χ4n) is 5.46. The van der Waals surface area contributed by atoms with Crippen molar-refractivity contribution in [3.63, 3.8) is 0 Å². The normalized spacial score (nSPS) is 11.5. The highest BCUT2D eigenvalue weighted by atomic mass is 16.3. The minimum atomic E-state index is -0.441. The Balaban J connectivity index is 1.39. The van der Waals surface area contributed by atoms with E-state index >= 15 is 0 Å². The molecule has 5 aromatic carbocycles. The van der Waals surface area contributed by atoms with Crippen LogP contribution in [-0.4, -0.2) is 25.2 Å². The highest BCUT2D eigenvalue weighted by Gasteiger charge is 2.17. The number of hydrogen-bond donors (Lipinski definition) is 4. The second kappa shape index (κ2) is 11.3. The van der Waals surface area contributed by atoms with E-state index in [9.17, 15) is 10.2 Å². The number of aromatic hydroxyl groups is 2. The number of anilines is 4. The molecule has 6 aromatic rings. The fourth-order valence-corrected chi connectivity index (χ4v) is 5.46. The van der Waals surface area contributed by atoms with Gasteiger partial charge in [-0.1, -0.05) is 42.5 Å². The molecule has 1 aromatic heterocycles. The van der Waals surface area contributed by atoms with Crippen LogP contribution in [0.5, 0.6) is 11.8 Å². The van der Waals surface area contributed by atoms with Gasteiger partial charge in [0.05, 0.1) is 11.4 Å². The van der Waals surface area contributed by atoms with Gasteiger partial charge in [-0.15, -0.1) is 5.11 Å². The average Bonchev–Trinajstić information content (AvgIpc) is 2.96. The van der Waals surface area contributed by atoms with Gasteiger partial charge >= 0.3 is 6.01 Å². The summed E-state index contributed by atoms with van der Waals surface area (Å²) >= 11 is 0. The minimum Gasteiger partial charge on any atom is -0.505 e. The summed E-state index contributed by atoms with van der Waals surface area (Å²) in [6, 6.07) is 21.6. The Labute approximate surface area is 255 Å². The molecule has 220 valence electrons. The number of fused-ring (bicyclic) bond motifs is 2. The van der Waals surface area contributed by atoms with Crippen LogP contribution in [0.1, 0.15) is 33.4 Å². The zero-order valence-electron chi connectivity index (χ0n) is 25.5. The molecule has 0 bridgehead atoms. The number of nitrogens with zero attached hydrogens (tertiary/aromatic N) is 5. The zero-order valence-corrected chi connectivity index (χ0v) is 25.5. The molecule has 0 aliphatic carbocycles. The summed E-state index contributed by atoms with van der Waals surface area (Å²) in [5.41, 5.74) is 8.55. The smallest absolute Gasteiger partial charge is 0.320 e. The summed E-state index contributed by atoms with van der Waals surface area (Å²) in [6.45, 7) is 12.0. The van der Waals surface area contributed by atoms with Crippen LogP contribution in [0.4, 0.5) is 34.6 Å². The van der Waals surface area contributed by atoms with Gasteiger partial charge in [0.25, 0.3) is 0 Å². The van der Waals surface area contributed by atoms with Gasteiger partial charge in [0, 0.05) is 11.1 Å². The van der Waals surface area contributed by atoms with E-state index in [1.54, 1.807) is 0 Å². The van der Waals surface area contributed by atoms with Crippen LogP contribution in [0, 0.1) is 41.5 Å². The molecule has 1 heterocycles. The van der Waals surface area contributed by atoms with E-state index in [0.29, 0.717) is 16.8 Å². The van der Waals surface area contributed by atoms with Crippen molar-refractivity contribution < 1.29 is 10.2 Å². The molecular formula is C35H33N7O2. The first-order chi connectivity index (χ1) is 21.1. The summed E-state index contributed by atoms with van der Waals surface area (Å²) in [5.74, 6) is 0.277. The average molecular weight is 584 g/mol. The van der Waals surface area contributed by atoms with Crippen molar-refractivity contribution in [3.8, 4) is 11.8 Å². The van der Waals surface area contributed by atoms with Crippen LogP contribution in [0.25, 0.3) is 21.5 Å². The number of hydrogen-bond acceptors (Lipinski definition) is 9. The molecule has 0 aliphatic rings. The molecule has 0 aliphatic heterocycles. The van der Waals surface area contributed by atoms with E-state index in [1.807, 2.05) is 83.1 Å². The molecule has 44 heavy (non-hydrogen) atoms. The first kappa shape index (κ1) is 28.5. The lowest BCUT2D eigenvalue weighted by molar-refractivity contribution is 0.430. The summed E-state index contributed by atoms with van der Waals surface area (Å²) in [6.07, 6.45) is 0. The lowest BCUT2D eigenvalue weighted by Crippen LogP contribution is -2.05. The Morgan fingerprint density at radius 1 is 0.614 bits per heavy atom. The maximum absolute atomic E-state index is 11.6. The van der Waals surface area contributed by atoms with Crippen LogP contribution in [0.2, 0.25) is 0 Å². The molecule has 6 rings (SSSR count). The number of phenols is 1. The van der Waals surface area contributed by atoms with Gasteiger partial charge in [0.2, 0.25) is 11.9 Å². The van der Waals surface area contributed by atoms with Gasteiger partial charge in [-0.3, -0.25) is 0 Å². The number of aryl methyl sites for hydroxylation is 6. The molecule has 9 nitrogen and oxygen atoms in total. The van der Waals surface area contributed by atoms with Crippen LogP contribution in [-0.2, 0) is 0 Å².